The number of hydrogen-bond acceptors (Lipinski definition) is 5. The quantitative estimate of drug-likeness (QED) is 0.353. The monoisotopic (exact) mass is 433 g/mol. The lowest BCUT2D eigenvalue weighted by molar-refractivity contribution is 0.382. The number of nitrogens with one attached hydrogen (secondary N) is 1. The Kier molecular flexibility index (Phi) is 8.98. The van der Waals surface area contributed by atoms with Gasteiger partial charge in [-0.15, -0.1) is 0 Å². The molecule has 0 bridgehead atoms. The lowest BCUT2D eigenvalue weighted by atomic mass is 10.2. The van der Waals surface area contributed by atoms with Crippen molar-refractivity contribution in [1.82, 2.24) is 10.2 Å². The number of ether oxygens (including phenoxy) is 2. The van der Waals surface area contributed by atoms with Crippen LogP contribution in [0.2, 0.25) is 0 Å². The summed E-state index contributed by atoms with van der Waals surface area (Å²) in [5, 5.41) is 3.25. The molecule has 2 aromatic rings. The van der Waals surface area contributed by atoms with E-state index in [9.17, 15) is 8.42 Å². The number of aliphatic imine (C=N–C) groups is 1. The molecule has 7 nitrogen and oxygen atoms in total. The Labute approximate surface area is 179 Å². The van der Waals surface area contributed by atoms with E-state index in [2.05, 4.69) is 10.3 Å². The molecule has 30 heavy (non-hydrogen) atoms. The maximum Gasteiger partial charge on any atom is 0.193 e. The molecule has 0 aliphatic rings. The number of methoxy groups -OCH3 is 2. The van der Waals surface area contributed by atoms with Crippen molar-refractivity contribution in [2.24, 2.45) is 4.99 Å². The van der Waals surface area contributed by atoms with Gasteiger partial charge in [-0.25, -0.2) is 8.42 Å². The van der Waals surface area contributed by atoms with Crippen molar-refractivity contribution in [3.63, 3.8) is 0 Å². The fourth-order valence-corrected chi connectivity index (χ4v) is 4.28. The molecule has 164 valence electrons. The van der Waals surface area contributed by atoms with Gasteiger partial charge in [0.1, 0.15) is 11.5 Å². The van der Waals surface area contributed by atoms with Gasteiger partial charge in [-0.3, -0.25) is 4.99 Å². The van der Waals surface area contributed by atoms with Crippen LogP contribution in [0, 0.1) is 0 Å². The fourth-order valence-electron chi connectivity index (χ4n) is 2.97. The minimum Gasteiger partial charge on any atom is -0.497 e. The topological polar surface area (TPSA) is 80.2 Å². The molecule has 0 aliphatic heterocycles. The van der Waals surface area contributed by atoms with Crippen LogP contribution in [-0.2, 0) is 16.4 Å². The average Bonchev–Trinajstić information content (AvgIpc) is 2.76. The molecule has 0 saturated heterocycles. The molecule has 0 atom stereocenters. The number of rotatable bonds is 10. The molecule has 0 heterocycles. The summed E-state index contributed by atoms with van der Waals surface area (Å²) in [5.41, 5.74) is 0.998. The molecule has 0 fully saturated rings. The van der Waals surface area contributed by atoms with Crippen LogP contribution in [0.1, 0.15) is 18.9 Å². The lowest BCUT2D eigenvalue weighted by Crippen LogP contribution is -2.38. The highest BCUT2D eigenvalue weighted by Crippen LogP contribution is 2.25. The van der Waals surface area contributed by atoms with Crippen LogP contribution in [0.15, 0.2) is 58.4 Å². The first kappa shape index (κ1) is 23.5. The first-order valence-electron chi connectivity index (χ1n) is 9.89. The third-order valence-corrected chi connectivity index (χ3v) is 6.35. The molecule has 0 aliphatic carbocycles. The van der Waals surface area contributed by atoms with Crippen molar-refractivity contribution in [1.29, 1.82) is 0 Å². The highest BCUT2D eigenvalue weighted by atomic mass is 32.2. The standard InChI is InChI=1S/C22H31N3O4S/c1-5-23-22(24-14-9-15-30(26,27)20-10-7-6-8-11-20)25(2)17-18-12-13-19(28-3)16-21(18)29-4/h6-8,10-13,16H,5,9,14-15,17H2,1-4H3,(H,23,24). The van der Waals surface area contributed by atoms with E-state index >= 15 is 0 Å². The fraction of sp³-hybridized carbons (Fsp3) is 0.409. The van der Waals surface area contributed by atoms with Gasteiger partial charge in [-0.05, 0) is 37.6 Å². The molecule has 0 aromatic heterocycles. The van der Waals surface area contributed by atoms with E-state index in [1.54, 1.807) is 44.6 Å². The van der Waals surface area contributed by atoms with Crippen LogP contribution in [0.4, 0.5) is 0 Å². The summed E-state index contributed by atoms with van der Waals surface area (Å²) in [5.74, 6) is 2.26. The van der Waals surface area contributed by atoms with Gasteiger partial charge in [-0.1, -0.05) is 18.2 Å². The molecule has 0 unspecified atom stereocenters. The van der Waals surface area contributed by atoms with Gasteiger partial charge in [0, 0.05) is 38.3 Å². The highest BCUT2D eigenvalue weighted by Gasteiger charge is 2.14. The minimum absolute atomic E-state index is 0.0654. The van der Waals surface area contributed by atoms with Crippen LogP contribution >= 0.6 is 0 Å². The summed E-state index contributed by atoms with van der Waals surface area (Å²) in [6, 6.07) is 14.2. The molecular weight excluding hydrogens is 402 g/mol. The van der Waals surface area contributed by atoms with Crippen LogP contribution < -0.4 is 14.8 Å². The van der Waals surface area contributed by atoms with Gasteiger partial charge in [-0.2, -0.15) is 0 Å². The zero-order chi connectivity index (χ0) is 22.0. The van der Waals surface area contributed by atoms with Crippen molar-refractivity contribution in [2.45, 2.75) is 24.8 Å². The zero-order valence-electron chi connectivity index (χ0n) is 18.1. The third kappa shape index (κ3) is 6.66. The lowest BCUT2D eigenvalue weighted by Gasteiger charge is -2.23. The summed E-state index contributed by atoms with van der Waals surface area (Å²) in [7, 11) is 1.90. The number of guanidine groups is 1. The largest absolute Gasteiger partial charge is 0.497 e. The SMILES string of the molecule is CCNC(=NCCCS(=O)(=O)c1ccccc1)N(C)Cc1ccc(OC)cc1OC. The molecule has 0 spiro atoms. The number of hydrogen-bond donors (Lipinski definition) is 1. The van der Waals surface area contributed by atoms with E-state index in [4.69, 9.17) is 9.47 Å². The highest BCUT2D eigenvalue weighted by molar-refractivity contribution is 7.91. The van der Waals surface area contributed by atoms with Gasteiger partial charge < -0.3 is 19.7 Å². The van der Waals surface area contributed by atoms with E-state index in [1.807, 2.05) is 37.1 Å². The molecule has 1 N–H and O–H groups in total. The normalized spacial score (nSPS) is 11.8. The van der Waals surface area contributed by atoms with Gasteiger partial charge in [0.25, 0.3) is 0 Å². The predicted octanol–water partition coefficient (Wildman–Crippen LogP) is 2.97. The second kappa shape index (κ2) is 11.4. The van der Waals surface area contributed by atoms with Crippen molar-refractivity contribution >= 4 is 15.8 Å². The Morgan fingerprint density at radius 1 is 1.10 bits per heavy atom. The summed E-state index contributed by atoms with van der Waals surface area (Å²) < 4.78 is 35.5. The zero-order valence-corrected chi connectivity index (χ0v) is 18.9. The third-order valence-electron chi connectivity index (χ3n) is 4.53. The first-order chi connectivity index (χ1) is 14.4. The summed E-state index contributed by atoms with van der Waals surface area (Å²) in [6.07, 6.45) is 0.450. The van der Waals surface area contributed by atoms with Crippen LogP contribution in [0.3, 0.4) is 0 Å². The van der Waals surface area contributed by atoms with Crippen LogP contribution in [0.5, 0.6) is 11.5 Å². The van der Waals surface area contributed by atoms with E-state index in [0.29, 0.717) is 36.9 Å². The Hall–Kier alpha value is -2.74. The average molecular weight is 434 g/mol. The predicted molar refractivity (Wildman–Crippen MR) is 120 cm³/mol. The Morgan fingerprint density at radius 3 is 2.47 bits per heavy atom. The molecular formula is C22H31N3O4S. The van der Waals surface area contributed by atoms with Gasteiger partial charge in [0.05, 0.1) is 24.9 Å². The van der Waals surface area contributed by atoms with Crippen molar-refractivity contribution in [2.75, 3.05) is 40.1 Å². The Balaban J connectivity index is 2.01. The van der Waals surface area contributed by atoms with E-state index in [-0.39, 0.29) is 5.75 Å². The van der Waals surface area contributed by atoms with Gasteiger partial charge in [0.15, 0.2) is 15.8 Å². The van der Waals surface area contributed by atoms with Crippen LogP contribution in [0.25, 0.3) is 0 Å². The minimum atomic E-state index is -3.29. The van der Waals surface area contributed by atoms with E-state index in [0.717, 1.165) is 17.1 Å². The van der Waals surface area contributed by atoms with E-state index in [1.165, 1.54) is 0 Å². The molecule has 2 aromatic carbocycles. The van der Waals surface area contributed by atoms with Gasteiger partial charge >= 0.3 is 0 Å². The molecule has 2 rings (SSSR count). The first-order valence-corrected chi connectivity index (χ1v) is 11.5. The second-order valence-electron chi connectivity index (χ2n) is 6.75. The Morgan fingerprint density at radius 2 is 1.83 bits per heavy atom. The Bertz CT molecular complexity index is 931. The smallest absolute Gasteiger partial charge is 0.193 e. The molecule has 0 amide bonds. The number of benzene rings is 2. The van der Waals surface area contributed by atoms with Crippen LogP contribution in [-0.4, -0.2) is 59.4 Å². The molecule has 8 heteroatoms. The van der Waals surface area contributed by atoms with E-state index < -0.39 is 9.84 Å². The maximum absolute atomic E-state index is 12.4. The maximum atomic E-state index is 12.4. The summed E-state index contributed by atoms with van der Waals surface area (Å²) >= 11 is 0. The molecule has 0 saturated carbocycles. The summed E-state index contributed by atoms with van der Waals surface area (Å²) in [6.45, 7) is 3.71. The van der Waals surface area contributed by atoms with Crippen molar-refractivity contribution in [3.8, 4) is 11.5 Å². The van der Waals surface area contributed by atoms with Gasteiger partial charge in [0.2, 0.25) is 0 Å². The second-order valence-corrected chi connectivity index (χ2v) is 8.86. The van der Waals surface area contributed by atoms with Crippen molar-refractivity contribution < 1.29 is 17.9 Å². The molecule has 0 radical (unpaired) electrons. The summed E-state index contributed by atoms with van der Waals surface area (Å²) in [4.78, 5) is 6.93. The number of sulfone groups is 1. The van der Waals surface area contributed by atoms with Crippen molar-refractivity contribution in [3.05, 3.63) is 54.1 Å². The number of nitrogens with zero attached hydrogens (tertiary/aromatic N) is 2.